The highest BCUT2D eigenvalue weighted by molar-refractivity contribution is 7.89. The van der Waals surface area contributed by atoms with Crippen LogP contribution in [0.3, 0.4) is 0 Å². The molecule has 28 heavy (non-hydrogen) atoms. The molecule has 1 aromatic carbocycles. The van der Waals surface area contributed by atoms with Crippen LogP contribution >= 0.6 is 11.6 Å². The molecule has 0 radical (unpaired) electrons. The van der Waals surface area contributed by atoms with Gasteiger partial charge in [-0.3, -0.25) is 4.99 Å². The van der Waals surface area contributed by atoms with Gasteiger partial charge in [0.15, 0.2) is 0 Å². The molecule has 1 unspecified atom stereocenters. The van der Waals surface area contributed by atoms with Crippen molar-refractivity contribution in [3.8, 4) is 0 Å². The summed E-state index contributed by atoms with van der Waals surface area (Å²) < 4.78 is 33.0. The molecule has 1 saturated carbocycles. The van der Waals surface area contributed by atoms with Gasteiger partial charge in [0.1, 0.15) is 0 Å². The Kier molecular flexibility index (Phi) is 4.60. The lowest BCUT2D eigenvalue weighted by atomic mass is 9.85. The third kappa shape index (κ3) is 3.03. The van der Waals surface area contributed by atoms with E-state index in [-0.39, 0.29) is 17.1 Å². The first-order chi connectivity index (χ1) is 13.4. The highest BCUT2D eigenvalue weighted by atomic mass is 35.5. The minimum atomic E-state index is -3.29. The molecule has 0 spiro atoms. The largest absolute Gasteiger partial charge is 0.385 e. The number of aliphatic imine (C=N–C) groups is 1. The average Bonchev–Trinajstić information content (AvgIpc) is 3.35. The van der Waals surface area contributed by atoms with Crippen LogP contribution in [0.25, 0.3) is 0 Å². The summed E-state index contributed by atoms with van der Waals surface area (Å²) in [5, 5.41) is 11.8. The van der Waals surface area contributed by atoms with Crippen molar-refractivity contribution in [2.24, 2.45) is 16.8 Å². The van der Waals surface area contributed by atoms with Crippen molar-refractivity contribution in [2.75, 3.05) is 26.3 Å². The fraction of sp³-hybridized carbons (Fsp3) is 0.650. The summed E-state index contributed by atoms with van der Waals surface area (Å²) >= 11 is 6.29. The van der Waals surface area contributed by atoms with Crippen molar-refractivity contribution in [1.29, 1.82) is 0 Å². The second-order valence-electron chi connectivity index (χ2n) is 8.62. The maximum Gasteiger partial charge on any atom is 0.217 e. The van der Waals surface area contributed by atoms with Crippen molar-refractivity contribution < 1.29 is 18.3 Å². The van der Waals surface area contributed by atoms with E-state index in [1.54, 1.807) is 4.31 Å². The van der Waals surface area contributed by atoms with Crippen molar-refractivity contribution in [3.63, 3.8) is 0 Å². The van der Waals surface area contributed by atoms with Gasteiger partial charge >= 0.3 is 0 Å². The van der Waals surface area contributed by atoms with Crippen LogP contribution in [0, 0.1) is 11.8 Å². The summed E-state index contributed by atoms with van der Waals surface area (Å²) in [4.78, 5) is 4.33. The van der Waals surface area contributed by atoms with E-state index >= 15 is 0 Å². The Labute approximate surface area is 170 Å². The lowest BCUT2D eigenvalue weighted by Gasteiger charge is -2.30. The molecule has 1 aromatic rings. The molecule has 0 amide bonds. The molecule has 3 aliphatic heterocycles. The Morgan fingerprint density at radius 1 is 1.18 bits per heavy atom. The highest BCUT2D eigenvalue weighted by Crippen LogP contribution is 2.51. The van der Waals surface area contributed by atoms with E-state index < -0.39 is 15.6 Å². The van der Waals surface area contributed by atoms with Crippen LogP contribution in [0.4, 0.5) is 0 Å². The van der Waals surface area contributed by atoms with Crippen molar-refractivity contribution in [1.82, 2.24) is 4.31 Å². The van der Waals surface area contributed by atoms with Crippen LogP contribution in [0.15, 0.2) is 17.1 Å². The highest BCUT2D eigenvalue weighted by Gasteiger charge is 2.52. The number of ether oxygens (including phenoxy) is 1. The first-order valence-electron chi connectivity index (χ1n) is 9.99. The van der Waals surface area contributed by atoms with E-state index in [9.17, 15) is 13.5 Å². The fourth-order valence-electron chi connectivity index (χ4n) is 5.52. The number of hydrogen-bond acceptors (Lipinski definition) is 5. The predicted molar refractivity (Wildman–Crippen MR) is 107 cm³/mol. The van der Waals surface area contributed by atoms with E-state index in [0.717, 1.165) is 16.7 Å². The Balaban J connectivity index is 1.35. The molecule has 3 fully saturated rings. The first-order valence-corrected chi connectivity index (χ1v) is 11.9. The molecule has 8 heteroatoms. The van der Waals surface area contributed by atoms with Gasteiger partial charge in [0.25, 0.3) is 0 Å². The molecule has 1 aliphatic carbocycles. The molecule has 4 aliphatic rings. The quantitative estimate of drug-likeness (QED) is 0.807. The maximum atomic E-state index is 13.0. The van der Waals surface area contributed by atoms with Crippen molar-refractivity contribution >= 4 is 27.8 Å². The normalized spacial score (nSPS) is 33.4. The SMILES string of the molecule is O=S(=O)(C1CCOCC1)N1C[C@@H]2CC(O)(c3cc(Cl)cc4c3CN=C4)C[C@@H]2C1. The van der Waals surface area contributed by atoms with Gasteiger partial charge in [-0.05, 0) is 66.3 Å². The van der Waals surface area contributed by atoms with Crippen LogP contribution in [0.2, 0.25) is 5.02 Å². The molecule has 3 atom stereocenters. The smallest absolute Gasteiger partial charge is 0.217 e. The molecule has 0 bridgehead atoms. The minimum Gasteiger partial charge on any atom is -0.385 e. The third-order valence-electron chi connectivity index (χ3n) is 6.92. The summed E-state index contributed by atoms with van der Waals surface area (Å²) in [6.07, 6.45) is 4.11. The molecule has 6 nitrogen and oxygen atoms in total. The maximum absolute atomic E-state index is 13.0. The van der Waals surface area contributed by atoms with E-state index in [1.165, 1.54) is 0 Å². The molecular formula is C20H25ClN2O4S. The Morgan fingerprint density at radius 2 is 1.86 bits per heavy atom. The summed E-state index contributed by atoms with van der Waals surface area (Å²) in [6.45, 7) is 2.63. The van der Waals surface area contributed by atoms with Gasteiger partial charge in [0.2, 0.25) is 10.0 Å². The molecule has 0 aromatic heterocycles. The van der Waals surface area contributed by atoms with Crippen LogP contribution in [0.5, 0.6) is 0 Å². The summed E-state index contributed by atoms with van der Waals surface area (Å²) in [5.74, 6) is 0.355. The molecular weight excluding hydrogens is 400 g/mol. The molecule has 5 rings (SSSR count). The van der Waals surface area contributed by atoms with Gasteiger partial charge in [0, 0.05) is 37.5 Å². The van der Waals surface area contributed by atoms with E-state index in [2.05, 4.69) is 4.99 Å². The fourth-order valence-corrected chi connectivity index (χ4v) is 7.76. The second-order valence-corrected chi connectivity index (χ2v) is 11.3. The number of benzene rings is 1. The Hall–Kier alpha value is -0.990. The van der Waals surface area contributed by atoms with Gasteiger partial charge < -0.3 is 9.84 Å². The van der Waals surface area contributed by atoms with Gasteiger partial charge in [-0.2, -0.15) is 0 Å². The minimum absolute atomic E-state index is 0.177. The number of rotatable bonds is 3. The van der Waals surface area contributed by atoms with E-state index in [0.29, 0.717) is 63.6 Å². The second kappa shape index (κ2) is 6.77. The standard InChI is InChI=1S/C20H25ClN2O4S/c21-16-5-13-9-22-10-18(13)19(6-16)20(24)7-14-11-23(12-15(14)8-20)28(25,26)17-1-3-27-4-2-17/h5-6,9,14-15,17,24H,1-4,7-8,10-12H2/t14-,15+,20?. The van der Waals surface area contributed by atoms with Crippen LogP contribution in [0.1, 0.15) is 42.4 Å². The number of aliphatic hydroxyl groups is 1. The topological polar surface area (TPSA) is 79.2 Å². The third-order valence-corrected chi connectivity index (χ3v) is 9.47. The monoisotopic (exact) mass is 424 g/mol. The van der Waals surface area contributed by atoms with Crippen molar-refractivity contribution in [3.05, 3.63) is 33.8 Å². The van der Waals surface area contributed by atoms with Gasteiger partial charge in [-0.15, -0.1) is 0 Å². The first kappa shape index (κ1) is 19.0. The van der Waals surface area contributed by atoms with E-state index in [1.807, 2.05) is 18.3 Å². The Bertz CT molecular complexity index is 912. The zero-order valence-corrected chi connectivity index (χ0v) is 17.3. The summed E-state index contributed by atoms with van der Waals surface area (Å²) in [7, 11) is -3.29. The molecule has 3 heterocycles. The lowest BCUT2D eigenvalue weighted by Crippen LogP contribution is -2.41. The number of fused-ring (bicyclic) bond motifs is 2. The van der Waals surface area contributed by atoms with Crippen LogP contribution in [-0.2, 0) is 26.9 Å². The molecule has 1 N–H and O–H groups in total. The lowest BCUT2D eigenvalue weighted by molar-refractivity contribution is 0.0329. The Morgan fingerprint density at radius 3 is 2.54 bits per heavy atom. The number of sulfonamides is 1. The number of hydrogen-bond donors (Lipinski definition) is 1. The number of halogens is 1. The molecule has 2 saturated heterocycles. The zero-order valence-electron chi connectivity index (χ0n) is 15.7. The predicted octanol–water partition coefficient (Wildman–Crippen LogP) is 2.31. The van der Waals surface area contributed by atoms with Gasteiger partial charge in [-0.25, -0.2) is 12.7 Å². The van der Waals surface area contributed by atoms with E-state index in [4.69, 9.17) is 16.3 Å². The van der Waals surface area contributed by atoms with Gasteiger partial charge in [-0.1, -0.05) is 11.6 Å². The van der Waals surface area contributed by atoms with Crippen LogP contribution in [-0.4, -0.2) is 55.6 Å². The number of nitrogens with zero attached hydrogens (tertiary/aromatic N) is 2. The van der Waals surface area contributed by atoms with Crippen molar-refractivity contribution in [2.45, 2.75) is 43.1 Å². The zero-order chi connectivity index (χ0) is 19.5. The average molecular weight is 425 g/mol. The summed E-state index contributed by atoms with van der Waals surface area (Å²) in [6, 6.07) is 3.75. The summed E-state index contributed by atoms with van der Waals surface area (Å²) in [5.41, 5.74) is 1.96. The molecule has 152 valence electrons. The van der Waals surface area contributed by atoms with Gasteiger partial charge in [0.05, 0.1) is 17.4 Å². The van der Waals surface area contributed by atoms with Crippen LogP contribution < -0.4 is 0 Å².